The zero-order valence-corrected chi connectivity index (χ0v) is 15.3. The first kappa shape index (κ1) is 17.5. The maximum absolute atomic E-state index is 12.5. The third-order valence-corrected chi connectivity index (χ3v) is 4.19. The first-order chi connectivity index (χ1) is 13.5. The van der Waals surface area contributed by atoms with E-state index in [2.05, 4.69) is 10.5 Å². The Bertz CT molecular complexity index is 1160. The summed E-state index contributed by atoms with van der Waals surface area (Å²) in [6.45, 7) is 0. The molecule has 2 amide bonds. The minimum atomic E-state index is -0.390. The number of anilines is 1. The van der Waals surface area contributed by atoms with Gasteiger partial charge in [-0.05, 0) is 24.3 Å². The van der Waals surface area contributed by atoms with Gasteiger partial charge in [-0.15, -0.1) is 0 Å². The Kier molecular flexibility index (Phi) is 4.41. The van der Waals surface area contributed by atoms with Gasteiger partial charge in [0.1, 0.15) is 5.58 Å². The molecule has 0 aliphatic carbocycles. The minimum Gasteiger partial charge on any atom is -0.451 e. The van der Waals surface area contributed by atoms with Crippen molar-refractivity contribution in [2.45, 2.75) is 0 Å². The zero-order chi connectivity index (χ0) is 19.7. The summed E-state index contributed by atoms with van der Waals surface area (Å²) in [5.74, 6) is 0.145. The predicted octanol–water partition coefficient (Wildman–Crippen LogP) is 4.04. The first-order valence-electron chi connectivity index (χ1n) is 8.60. The van der Waals surface area contributed by atoms with Crippen LogP contribution in [0.15, 0.2) is 69.6 Å². The largest absolute Gasteiger partial charge is 0.451 e. The predicted molar refractivity (Wildman–Crippen MR) is 104 cm³/mol. The van der Waals surface area contributed by atoms with Gasteiger partial charge in [0.2, 0.25) is 0 Å². The molecule has 0 aliphatic heterocycles. The summed E-state index contributed by atoms with van der Waals surface area (Å²) in [6.07, 6.45) is 0. The molecule has 0 unspecified atom stereocenters. The van der Waals surface area contributed by atoms with E-state index in [1.165, 1.54) is 4.90 Å². The van der Waals surface area contributed by atoms with E-state index in [4.69, 9.17) is 8.94 Å². The summed E-state index contributed by atoms with van der Waals surface area (Å²) in [4.78, 5) is 25.9. The van der Waals surface area contributed by atoms with Gasteiger partial charge >= 0.3 is 0 Å². The number of fused-ring (bicyclic) bond motifs is 1. The molecule has 0 saturated heterocycles. The van der Waals surface area contributed by atoms with E-state index in [0.29, 0.717) is 22.4 Å². The van der Waals surface area contributed by atoms with Crippen LogP contribution >= 0.6 is 0 Å². The monoisotopic (exact) mass is 375 g/mol. The Hall–Kier alpha value is -3.87. The van der Waals surface area contributed by atoms with Crippen LogP contribution in [0.1, 0.15) is 21.0 Å². The Labute approximate surface area is 160 Å². The second-order valence-electron chi connectivity index (χ2n) is 6.46. The van der Waals surface area contributed by atoms with E-state index >= 15 is 0 Å². The standard InChI is InChI=1S/C21H17N3O4/c1-24(2)21(26)19-11-14-10-15(8-9-17(14)27-19)22-20(25)16-12-18(28-23-16)13-6-4-3-5-7-13/h3-12H,1-2H3,(H,22,25). The van der Waals surface area contributed by atoms with Crippen LogP contribution in [0.3, 0.4) is 0 Å². The number of benzene rings is 2. The number of hydrogen-bond donors (Lipinski definition) is 1. The highest BCUT2D eigenvalue weighted by Crippen LogP contribution is 2.25. The zero-order valence-electron chi connectivity index (χ0n) is 15.3. The fourth-order valence-corrected chi connectivity index (χ4v) is 2.76. The Morgan fingerprint density at radius 1 is 1.00 bits per heavy atom. The fourth-order valence-electron chi connectivity index (χ4n) is 2.76. The normalized spacial score (nSPS) is 10.8. The molecule has 0 radical (unpaired) electrons. The van der Waals surface area contributed by atoms with Crippen LogP contribution in [0.2, 0.25) is 0 Å². The lowest BCUT2D eigenvalue weighted by molar-refractivity contribution is 0.0799. The molecule has 4 aromatic rings. The van der Waals surface area contributed by atoms with Crippen LogP contribution in [0.25, 0.3) is 22.3 Å². The Morgan fingerprint density at radius 3 is 2.54 bits per heavy atom. The van der Waals surface area contributed by atoms with Crippen molar-refractivity contribution in [1.82, 2.24) is 10.1 Å². The second-order valence-corrected chi connectivity index (χ2v) is 6.46. The molecular formula is C21H17N3O4. The molecule has 2 aromatic heterocycles. The molecule has 28 heavy (non-hydrogen) atoms. The highest BCUT2D eigenvalue weighted by molar-refractivity contribution is 6.04. The lowest BCUT2D eigenvalue weighted by Gasteiger charge is -2.06. The number of aromatic nitrogens is 1. The SMILES string of the molecule is CN(C)C(=O)c1cc2cc(NC(=O)c3cc(-c4ccccc4)on3)ccc2o1. The fraction of sp³-hybridized carbons (Fsp3) is 0.0952. The van der Waals surface area contributed by atoms with Crippen molar-refractivity contribution in [2.75, 3.05) is 19.4 Å². The molecule has 0 bridgehead atoms. The van der Waals surface area contributed by atoms with Gasteiger partial charge < -0.3 is 19.2 Å². The van der Waals surface area contributed by atoms with Crippen molar-refractivity contribution in [3.63, 3.8) is 0 Å². The van der Waals surface area contributed by atoms with Crippen molar-refractivity contribution < 1.29 is 18.5 Å². The molecule has 7 heteroatoms. The molecule has 140 valence electrons. The van der Waals surface area contributed by atoms with Crippen molar-refractivity contribution in [3.05, 3.63) is 72.1 Å². The van der Waals surface area contributed by atoms with E-state index in [9.17, 15) is 9.59 Å². The third kappa shape index (κ3) is 3.37. The van der Waals surface area contributed by atoms with E-state index < -0.39 is 5.91 Å². The van der Waals surface area contributed by atoms with Crippen LogP contribution in [0.4, 0.5) is 5.69 Å². The van der Waals surface area contributed by atoms with Crippen molar-refractivity contribution >= 4 is 28.5 Å². The molecule has 4 rings (SSSR count). The summed E-state index contributed by atoms with van der Waals surface area (Å²) < 4.78 is 10.8. The Balaban J connectivity index is 1.54. The lowest BCUT2D eigenvalue weighted by Crippen LogP contribution is -2.20. The number of furan rings is 1. The molecular weight excluding hydrogens is 358 g/mol. The number of carbonyl (C=O) groups is 2. The van der Waals surface area contributed by atoms with Crippen LogP contribution < -0.4 is 5.32 Å². The number of nitrogens with zero attached hydrogens (tertiary/aromatic N) is 2. The second kappa shape index (κ2) is 7.03. The third-order valence-electron chi connectivity index (χ3n) is 4.19. The maximum atomic E-state index is 12.5. The average molecular weight is 375 g/mol. The summed E-state index contributed by atoms with van der Waals surface area (Å²) in [7, 11) is 3.31. The average Bonchev–Trinajstić information content (AvgIpc) is 3.35. The van der Waals surface area contributed by atoms with Gasteiger partial charge in [0.15, 0.2) is 17.2 Å². The summed E-state index contributed by atoms with van der Waals surface area (Å²) in [5.41, 5.74) is 2.14. The van der Waals surface area contributed by atoms with Gasteiger partial charge in [0, 0.05) is 36.8 Å². The highest BCUT2D eigenvalue weighted by atomic mass is 16.5. The van der Waals surface area contributed by atoms with Gasteiger partial charge in [0.25, 0.3) is 11.8 Å². The van der Waals surface area contributed by atoms with Gasteiger partial charge in [-0.1, -0.05) is 35.5 Å². The quantitative estimate of drug-likeness (QED) is 0.581. The van der Waals surface area contributed by atoms with Crippen LogP contribution in [-0.2, 0) is 0 Å². The van der Waals surface area contributed by atoms with Gasteiger partial charge in [-0.3, -0.25) is 9.59 Å². The Morgan fingerprint density at radius 2 is 1.79 bits per heavy atom. The molecule has 2 aromatic carbocycles. The number of amides is 2. The van der Waals surface area contributed by atoms with Crippen LogP contribution in [0.5, 0.6) is 0 Å². The smallest absolute Gasteiger partial charge is 0.289 e. The van der Waals surface area contributed by atoms with Crippen LogP contribution in [0, 0.1) is 0 Å². The molecule has 7 nitrogen and oxygen atoms in total. The summed E-state index contributed by atoms with van der Waals surface area (Å²) >= 11 is 0. The molecule has 2 heterocycles. The van der Waals surface area contributed by atoms with Crippen molar-refractivity contribution in [3.8, 4) is 11.3 Å². The first-order valence-corrected chi connectivity index (χ1v) is 8.60. The summed E-state index contributed by atoms with van der Waals surface area (Å²) in [6, 6.07) is 17.8. The molecule has 1 N–H and O–H groups in total. The van der Waals surface area contributed by atoms with E-state index in [0.717, 1.165) is 5.56 Å². The lowest BCUT2D eigenvalue weighted by atomic mass is 10.1. The van der Waals surface area contributed by atoms with E-state index in [-0.39, 0.29) is 17.4 Å². The molecule has 0 aliphatic rings. The van der Waals surface area contributed by atoms with Crippen LogP contribution in [-0.4, -0.2) is 36.0 Å². The maximum Gasteiger partial charge on any atom is 0.289 e. The molecule has 0 saturated carbocycles. The number of hydrogen-bond acceptors (Lipinski definition) is 5. The van der Waals surface area contributed by atoms with Gasteiger partial charge in [-0.2, -0.15) is 0 Å². The topological polar surface area (TPSA) is 88.6 Å². The molecule has 0 atom stereocenters. The molecule has 0 fully saturated rings. The summed E-state index contributed by atoms with van der Waals surface area (Å²) in [5, 5.41) is 7.34. The van der Waals surface area contributed by atoms with Gasteiger partial charge in [-0.25, -0.2) is 0 Å². The highest BCUT2D eigenvalue weighted by Gasteiger charge is 2.16. The van der Waals surface area contributed by atoms with E-state index in [1.807, 2.05) is 30.3 Å². The molecule has 0 spiro atoms. The van der Waals surface area contributed by atoms with E-state index in [1.54, 1.807) is 44.4 Å². The number of rotatable bonds is 4. The van der Waals surface area contributed by atoms with Crippen molar-refractivity contribution in [1.29, 1.82) is 0 Å². The minimum absolute atomic E-state index is 0.176. The number of nitrogens with one attached hydrogen (secondary N) is 1. The van der Waals surface area contributed by atoms with Crippen molar-refractivity contribution in [2.24, 2.45) is 0 Å². The van der Waals surface area contributed by atoms with Gasteiger partial charge in [0.05, 0.1) is 0 Å². The number of carbonyl (C=O) groups excluding carboxylic acids is 2.